The first-order valence-corrected chi connectivity index (χ1v) is 7.53. The van der Waals surface area contributed by atoms with Crippen molar-refractivity contribution in [2.75, 3.05) is 19.6 Å². The second-order valence-corrected chi connectivity index (χ2v) is 5.67. The minimum Gasteiger partial charge on any atom is -0.364 e. The molecule has 1 saturated heterocycles. The molecule has 1 aromatic carbocycles. The Hall–Kier alpha value is -2.47. The molecule has 2 N–H and O–H groups in total. The van der Waals surface area contributed by atoms with Gasteiger partial charge in [0.1, 0.15) is 11.4 Å². The Kier molecular flexibility index (Phi) is 4.25. The Morgan fingerprint density at radius 1 is 1.35 bits per heavy atom. The second kappa shape index (κ2) is 6.34. The smallest absolute Gasteiger partial charge is 0.259 e. The van der Waals surface area contributed by atoms with Crippen LogP contribution < -0.4 is 10.7 Å². The van der Waals surface area contributed by atoms with E-state index < -0.39 is 0 Å². The highest BCUT2D eigenvalue weighted by Gasteiger charge is 2.29. The number of benzene rings is 1. The number of amides is 1. The molecule has 1 aliphatic heterocycles. The van der Waals surface area contributed by atoms with Gasteiger partial charge in [-0.3, -0.25) is 9.59 Å². The van der Waals surface area contributed by atoms with Crippen molar-refractivity contribution in [1.29, 1.82) is 0 Å². The summed E-state index contributed by atoms with van der Waals surface area (Å²) in [5.41, 5.74) is 1.23. The molecule has 2 heterocycles. The number of pyridine rings is 1. The number of rotatable bonds is 2. The normalized spacial score (nSPS) is 18.0. The predicted octanol–water partition coefficient (Wildman–Crippen LogP) is 1.61. The van der Waals surface area contributed by atoms with Gasteiger partial charge in [0, 0.05) is 37.6 Å². The van der Waals surface area contributed by atoms with Crippen molar-refractivity contribution in [2.24, 2.45) is 0 Å². The van der Waals surface area contributed by atoms with Crippen molar-refractivity contribution in [3.05, 3.63) is 69.4 Å². The highest BCUT2D eigenvalue weighted by atomic mass is 19.1. The number of H-pyrrole nitrogens is 1. The molecule has 1 atom stereocenters. The highest BCUT2D eigenvalue weighted by molar-refractivity contribution is 5.94. The van der Waals surface area contributed by atoms with Crippen LogP contribution in [-0.4, -0.2) is 35.4 Å². The van der Waals surface area contributed by atoms with E-state index in [2.05, 4.69) is 10.3 Å². The van der Waals surface area contributed by atoms with Crippen LogP contribution in [0, 0.1) is 12.7 Å². The number of aryl methyl sites for hydroxylation is 1. The molecule has 1 fully saturated rings. The average molecular weight is 315 g/mol. The van der Waals surface area contributed by atoms with Crippen LogP contribution in [0.15, 0.2) is 41.3 Å². The Morgan fingerprint density at radius 3 is 2.91 bits per heavy atom. The van der Waals surface area contributed by atoms with E-state index in [1.807, 2.05) is 0 Å². The fourth-order valence-corrected chi connectivity index (χ4v) is 2.85. The number of aromatic amines is 1. The number of piperazine rings is 1. The van der Waals surface area contributed by atoms with Gasteiger partial charge in [0.2, 0.25) is 0 Å². The van der Waals surface area contributed by atoms with Crippen LogP contribution >= 0.6 is 0 Å². The molecule has 0 aliphatic carbocycles. The summed E-state index contributed by atoms with van der Waals surface area (Å²) in [7, 11) is 0. The third kappa shape index (κ3) is 3.17. The summed E-state index contributed by atoms with van der Waals surface area (Å²) in [5, 5.41) is 3.21. The number of carbonyl (C=O) groups is 1. The SMILES string of the molecule is Cc1cc(=O)c(C(=O)N2CCNCC2c2cccc(F)c2)c[nH]1. The lowest BCUT2D eigenvalue weighted by Gasteiger charge is -2.36. The maximum Gasteiger partial charge on any atom is 0.259 e. The number of hydrogen-bond donors (Lipinski definition) is 2. The molecule has 0 bridgehead atoms. The average Bonchev–Trinajstić information content (AvgIpc) is 2.54. The van der Waals surface area contributed by atoms with Crippen molar-refractivity contribution in [3.63, 3.8) is 0 Å². The molecule has 1 aliphatic rings. The number of nitrogens with one attached hydrogen (secondary N) is 2. The van der Waals surface area contributed by atoms with Gasteiger partial charge in [0.25, 0.3) is 5.91 Å². The first-order valence-electron chi connectivity index (χ1n) is 7.53. The molecule has 1 amide bonds. The molecular formula is C17H18FN3O2. The van der Waals surface area contributed by atoms with E-state index >= 15 is 0 Å². The summed E-state index contributed by atoms with van der Waals surface area (Å²) in [4.78, 5) is 29.4. The van der Waals surface area contributed by atoms with Crippen LogP contribution in [0.5, 0.6) is 0 Å². The van der Waals surface area contributed by atoms with Gasteiger partial charge in [0.05, 0.1) is 6.04 Å². The Morgan fingerprint density at radius 2 is 2.17 bits per heavy atom. The Bertz CT molecular complexity index is 787. The van der Waals surface area contributed by atoms with Crippen molar-refractivity contribution in [1.82, 2.24) is 15.2 Å². The zero-order valence-electron chi connectivity index (χ0n) is 12.8. The van der Waals surface area contributed by atoms with Crippen molar-refractivity contribution in [3.8, 4) is 0 Å². The Labute approximate surface area is 133 Å². The Balaban J connectivity index is 1.95. The first kappa shape index (κ1) is 15.4. The van der Waals surface area contributed by atoms with E-state index in [4.69, 9.17) is 0 Å². The molecule has 2 aromatic rings. The molecule has 0 spiro atoms. The van der Waals surface area contributed by atoms with Crippen molar-refractivity contribution < 1.29 is 9.18 Å². The quantitative estimate of drug-likeness (QED) is 0.885. The summed E-state index contributed by atoms with van der Waals surface area (Å²) < 4.78 is 13.5. The van der Waals surface area contributed by atoms with Gasteiger partial charge < -0.3 is 15.2 Å². The largest absolute Gasteiger partial charge is 0.364 e. The lowest BCUT2D eigenvalue weighted by atomic mass is 10.0. The third-order valence-corrected chi connectivity index (χ3v) is 4.03. The maximum absolute atomic E-state index is 13.5. The summed E-state index contributed by atoms with van der Waals surface area (Å²) in [6.45, 7) is 3.39. The minimum atomic E-state index is -0.339. The molecule has 1 unspecified atom stereocenters. The van der Waals surface area contributed by atoms with Gasteiger partial charge in [-0.15, -0.1) is 0 Å². The van der Waals surface area contributed by atoms with E-state index in [9.17, 15) is 14.0 Å². The van der Waals surface area contributed by atoms with E-state index in [0.717, 1.165) is 0 Å². The van der Waals surface area contributed by atoms with E-state index in [1.165, 1.54) is 24.4 Å². The fraction of sp³-hybridized carbons (Fsp3) is 0.294. The topological polar surface area (TPSA) is 65.2 Å². The lowest BCUT2D eigenvalue weighted by molar-refractivity contribution is 0.0632. The molecule has 5 nitrogen and oxygen atoms in total. The van der Waals surface area contributed by atoms with Crippen molar-refractivity contribution in [2.45, 2.75) is 13.0 Å². The zero-order chi connectivity index (χ0) is 16.4. The standard InChI is InChI=1S/C17H18FN3O2/c1-11-7-16(22)14(9-20-11)17(23)21-6-5-19-10-15(21)12-3-2-4-13(18)8-12/h2-4,7-9,15,19H,5-6,10H2,1H3,(H,20,22). The van der Waals surface area contributed by atoms with Gasteiger partial charge >= 0.3 is 0 Å². The first-order chi connectivity index (χ1) is 11.1. The minimum absolute atomic E-state index is 0.110. The summed E-state index contributed by atoms with van der Waals surface area (Å²) in [6, 6.07) is 7.33. The number of nitrogens with zero attached hydrogens (tertiary/aromatic N) is 1. The molecule has 120 valence electrons. The molecule has 6 heteroatoms. The van der Waals surface area contributed by atoms with Gasteiger partial charge in [-0.2, -0.15) is 0 Å². The predicted molar refractivity (Wildman–Crippen MR) is 84.8 cm³/mol. The van der Waals surface area contributed by atoms with E-state index in [0.29, 0.717) is 30.9 Å². The number of carbonyl (C=O) groups excluding carboxylic acids is 1. The molecule has 0 radical (unpaired) electrons. The summed E-state index contributed by atoms with van der Waals surface area (Å²) in [5.74, 6) is -0.671. The number of hydrogen-bond acceptors (Lipinski definition) is 3. The number of aromatic nitrogens is 1. The van der Waals surface area contributed by atoms with Gasteiger partial charge in [-0.25, -0.2) is 4.39 Å². The van der Waals surface area contributed by atoms with Crippen LogP contribution in [0.4, 0.5) is 4.39 Å². The van der Waals surface area contributed by atoms with Gasteiger partial charge in [-0.1, -0.05) is 12.1 Å². The lowest BCUT2D eigenvalue weighted by Crippen LogP contribution is -2.49. The van der Waals surface area contributed by atoms with Crippen LogP contribution in [0.25, 0.3) is 0 Å². The van der Waals surface area contributed by atoms with Crippen LogP contribution in [-0.2, 0) is 0 Å². The second-order valence-electron chi connectivity index (χ2n) is 5.67. The zero-order valence-corrected chi connectivity index (χ0v) is 12.8. The van der Waals surface area contributed by atoms with Crippen LogP contribution in [0.1, 0.15) is 27.7 Å². The summed E-state index contributed by atoms with van der Waals surface area (Å²) >= 11 is 0. The van der Waals surface area contributed by atoms with E-state index in [-0.39, 0.29) is 28.8 Å². The molecule has 0 saturated carbocycles. The van der Waals surface area contributed by atoms with E-state index in [1.54, 1.807) is 24.0 Å². The fourth-order valence-electron chi connectivity index (χ4n) is 2.85. The van der Waals surface area contributed by atoms with Gasteiger partial charge in [0.15, 0.2) is 5.43 Å². The molecule has 3 rings (SSSR count). The molecule has 23 heavy (non-hydrogen) atoms. The van der Waals surface area contributed by atoms with Crippen molar-refractivity contribution >= 4 is 5.91 Å². The monoisotopic (exact) mass is 315 g/mol. The van der Waals surface area contributed by atoms with Crippen LogP contribution in [0.3, 0.4) is 0 Å². The molecule has 1 aromatic heterocycles. The maximum atomic E-state index is 13.5. The number of halogens is 1. The van der Waals surface area contributed by atoms with Crippen LogP contribution in [0.2, 0.25) is 0 Å². The summed E-state index contributed by atoms with van der Waals surface area (Å²) in [6.07, 6.45) is 1.45. The van der Waals surface area contributed by atoms with Gasteiger partial charge in [-0.05, 0) is 24.6 Å². The molecular weight excluding hydrogens is 297 g/mol. The third-order valence-electron chi connectivity index (χ3n) is 4.03. The highest BCUT2D eigenvalue weighted by Crippen LogP contribution is 2.24.